The minimum atomic E-state index is -0.314. The lowest BCUT2D eigenvalue weighted by atomic mass is 10.2. The number of carbonyl (C=O) groups excluding carboxylic acids is 2. The molecule has 0 radical (unpaired) electrons. The van der Waals surface area contributed by atoms with E-state index in [-0.39, 0.29) is 24.7 Å². The normalized spacial score (nSPS) is 11.2. The number of anilines is 1. The second-order valence-electron chi connectivity index (χ2n) is 5.32. The highest BCUT2D eigenvalue weighted by molar-refractivity contribution is 7.13. The number of halogens is 1. The van der Waals surface area contributed by atoms with E-state index in [1.165, 1.54) is 11.3 Å². The van der Waals surface area contributed by atoms with Crippen molar-refractivity contribution >= 4 is 45.6 Å². The van der Waals surface area contributed by atoms with Crippen molar-refractivity contribution in [3.05, 3.63) is 45.9 Å². The van der Waals surface area contributed by atoms with Crippen molar-refractivity contribution < 1.29 is 9.59 Å². The number of carbonyl (C=O) groups is 2. The number of rotatable bonds is 7. The molecule has 132 valence electrons. The fraction of sp³-hybridized carbons (Fsp3) is 0.250. The summed E-state index contributed by atoms with van der Waals surface area (Å²) in [4.78, 5) is 27.6. The maximum absolute atomic E-state index is 11.9. The third-order valence-electron chi connectivity index (χ3n) is 3.10. The molecule has 0 atom stereocenters. The van der Waals surface area contributed by atoms with Crippen LogP contribution in [0.2, 0.25) is 5.02 Å². The number of aromatic nitrogens is 1. The third-order valence-corrected chi connectivity index (χ3v) is 4.08. The van der Waals surface area contributed by atoms with Gasteiger partial charge in [-0.25, -0.2) is 10.4 Å². The predicted octanol–water partition coefficient (Wildman–Crippen LogP) is 2.12. The van der Waals surface area contributed by atoms with Crippen LogP contribution in [-0.2, 0) is 22.6 Å². The largest absolute Gasteiger partial charge is 0.375 e. The molecule has 0 saturated heterocycles. The quantitative estimate of drug-likeness (QED) is 0.505. The van der Waals surface area contributed by atoms with Crippen molar-refractivity contribution in [1.29, 1.82) is 0 Å². The summed E-state index contributed by atoms with van der Waals surface area (Å²) in [5.41, 5.74) is 9.95. The molecular formula is C16H18ClN5O2S. The zero-order valence-electron chi connectivity index (χ0n) is 13.6. The summed E-state index contributed by atoms with van der Waals surface area (Å²) in [6, 6.07) is 7.21. The van der Waals surface area contributed by atoms with Crippen LogP contribution in [0.4, 0.5) is 5.13 Å². The minimum absolute atomic E-state index is 0.0905. The van der Waals surface area contributed by atoms with Gasteiger partial charge in [-0.1, -0.05) is 23.7 Å². The van der Waals surface area contributed by atoms with E-state index in [9.17, 15) is 9.59 Å². The number of nitrogens with zero attached hydrogens (tertiary/aromatic N) is 2. The maximum atomic E-state index is 11.9. The molecule has 0 aliphatic heterocycles. The minimum Gasteiger partial charge on any atom is -0.375 e. The number of amides is 2. The number of hydrazone groups is 1. The van der Waals surface area contributed by atoms with Crippen molar-refractivity contribution in [1.82, 2.24) is 15.7 Å². The summed E-state index contributed by atoms with van der Waals surface area (Å²) in [6.45, 7) is 2.07. The topological polar surface area (TPSA) is 109 Å². The zero-order valence-corrected chi connectivity index (χ0v) is 15.2. The molecule has 7 nitrogen and oxygen atoms in total. The van der Waals surface area contributed by atoms with Crippen LogP contribution in [0.1, 0.15) is 24.6 Å². The number of hydrogen-bond acceptors (Lipinski definition) is 6. The Kier molecular flexibility index (Phi) is 6.91. The Morgan fingerprint density at radius 1 is 1.28 bits per heavy atom. The summed E-state index contributed by atoms with van der Waals surface area (Å²) in [7, 11) is 0. The van der Waals surface area contributed by atoms with Gasteiger partial charge in [0.05, 0.1) is 18.5 Å². The van der Waals surface area contributed by atoms with Crippen molar-refractivity contribution in [2.75, 3.05) is 5.73 Å². The Morgan fingerprint density at radius 2 is 2.00 bits per heavy atom. The third kappa shape index (κ3) is 6.90. The number of benzene rings is 1. The van der Waals surface area contributed by atoms with Crippen LogP contribution in [0.3, 0.4) is 0 Å². The van der Waals surface area contributed by atoms with E-state index in [1.807, 2.05) is 12.1 Å². The van der Waals surface area contributed by atoms with Gasteiger partial charge in [-0.3, -0.25) is 9.59 Å². The highest BCUT2D eigenvalue weighted by Gasteiger charge is 2.07. The number of nitrogens with one attached hydrogen (secondary N) is 2. The van der Waals surface area contributed by atoms with Crippen molar-refractivity contribution in [2.45, 2.75) is 26.3 Å². The predicted molar refractivity (Wildman–Crippen MR) is 99.4 cm³/mol. The molecule has 1 aromatic carbocycles. The van der Waals surface area contributed by atoms with Crippen molar-refractivity contribution in [2.24, 2.45) is 5.10 Å². The summed E-state index contributed by atoms with van der Waals surface area (Å²) in [5, 5.41) is 9.48. The summed E-state index contributed by atoms with van der Waals surface area (Å²) >= 11 is 7.08. The molecule has 25 heavy (non-hydrogen) atoms. The van der Waals surface area contributed by atoms with Crippen LogP contribution < -0.4 is 16.5 Å². The van der Waals surface area contributed by atoms with Crippen LogP contribution in [0.5, 0.6) is 0 Å². The number of nitrogens with two attached hydrogens (primary N) is 1. The molecule has 2 rings (SSSR count). The van der Waals surface area contributed by atoms with Gasteiger partial charge in [0.2, 0.25) is 11.8 Å². The fourth-order valence-electron chi connectivity index (χ4n) is 1.90. The van der Waals surface area contributed by atoms with Gasteiger partial charge in [0.1, 0.15) is 0 Å². The SMILES string of the molecule is C/C(CC(=O)NCc1ccc(Cl)cc1)=N\NC(=O)Cc1csc(N)n1. The Morgan fingerprint density at radius 3 is 2.64 bits per heavy atom. The van der Waals surface area contributed by atoms with Crippen LogP contribution in [-0.4, -0.2) is 22.5 Å². The molecule has 0 aliphatic carbocycles. The van der Waals surface area contributed by atoms with E-state index in [1.54, 1.807) is 24.4 Å². The van der Waals surface area contributed by atoms with Crippen molar-refractivity contribution in [3.63, 3.8) is 0 Å². The highest BCUT2D eigenvalue weighted by Crippen LogP contribution is 2.11. The maximum Gasteiger partial charge on any atom is 0.246 e. The molecule has 0 fully saturated rings. The Labute approximate surface area is 154 Å². The molecule has 0 spiro atoms. The summed E-state index contributed by atoms with van der Waals surface area (Å²) in [6.07, 6.45) is 0.185. The molecule has 9 heteroatoms. The van der Waals surface area contributed by atoms with Crippen LogP contribution >= 0.6 is 22.9 Å². The van der Waals surface area contributed by atoms with Gasteiger partial charge in [-0.2, -0.15) is 5.10 Å². The molecular weight excluding hydrogens is 362 g/mol. The lowest BCUT2D eigenvalue weighted by Gasteiger charge is -2.06. The van der Waals surface area contributed by atoms with Crippen LogP contribution in [0.25, 0.3) is 0 Å². The van der Waals surface area contributed by atoms with Crippen LogP contribution in [0, 0.1) is 0 Å². The van der Waals surface area contributed by atoms with E-state index in [0.29, 0.717) is 28.1 Å². The van der Waals surface area contributed by atoms with E-state index in [0.717, 1.165) is 5.56 Å². The highest BCUT2D eigenvalue weighted by atomic mass is 35.5. The second kappa shape index (κ2) is 9.14. The number of hydrogen-bond donors (Lipinski definition) is 3. The zero-order chi connectivity index (χ0) is 18.2. The Balaban J connectivity index is 1.73. The van der Waals surface area contributed by atoms with Gasteiger partial charge in [-0.15, -0.1) is 11.3 Å². The first kappa shape index (κ1) is 18.9. The average Bonchev–Trinajstić information content (AvgIpc) is 2.97. The Hall–Kier alpha value is -2.45. The molecule has 1 heterocycles. The monoisotopic (exact) mass is 379 g/mol. The smallest absolute Gasteiger partial charge is 0.246 e. The van der Waals surface area contributed by atoms with E-state index in [2.05, 4.69) is 20.8 Å². The first-order chi connectivity index (χ1) is 11.9. The van der Waals surface area contributed by atoms with E-state index >= 15 is 0 Å². The molecule has 0 saturated carbocycles. The standard InChI is InChI=1S/C16H18ClN5O2S/c1-10(21-22-15(24)7-13-9-25-16(18)20-13)6-14(23)19-8-11-2-4-12(17)5-3-11/h2-5,9H,6-8H2,1H3,(H2,18,20)(H,19,23)(H,22,24)/b21-10+. The Bertz CT molecular complexity index is 773. The van der Waals surface area contributed by atoms with Gasteiger partial charge < -0.3 is 11.1 Å². The molecule has 0 unspecified atom stereocenters. The lowest BCUT2D eigenvalue weighted by Crippen LogP contribution is -2.26. The van der Waals surface area contributed by atoms with E-state index in [4.69, 9.17) is 17.3 Å². The van der Waals surface area contributed by atoms with Crippen molar-refractivity contribution in [3.8, 4) is 0 Å². The van der Waals surface area contributed by atoms with Gasteiger partial charge in [0.25, 0.3) is 0 Å². The van der Waals surface area contributed by atoms with Gasteiger partial charge in [-0.05, 0) is 24.6 Å². The molecule has 2 amide bonds. The lowest BCUT2D eigenvalue weighted by molar-refractivity contribution is -0.121. The summed E-state index contributed by atoms with van der Waals surface area (Å²) in [5.74, 6) is -0.496. The first-order valence-electron chi connectivity index (χ1n) is 7.45. The van der Waals surface area contributed by atoms with E-state index < -0.39 is 0 Å². The molecule has 4 N–H and O–H groups in total. The van der Waals surface area contributed by atoms with Gasteiger partial charge >= 0.3 is 0 Å². The number of nitrogen functional groups attached to an aromatic ring is 1. The first-order valence-corrected chi connectivity index (χ1v) is 8.71. The average molecular weight is 380 g/mol. The molecule has 0 aliphatic rings. The summed E-state index contributed by atoms with van der Waals surface area (Å²) < 4.78 is 0. The van der Waals surface area contributed by atoms with Gasteiger partial charge in [0.15, 0.2) is 5.13 Å². The molecule has 2 aromatic rings. The van der Waals surface area contributed by atoms with Crippen LogP contribution in [0.15, 0.2) is 34.7 Å². The molecule has 1 aromatic heterocycles. The number of thiazole rings is 1. The second-order valence-corrected chi connectivity index (χ2v) is 6.64. The fourth-order valence-corrected chi connectivity index (χ4v) is 2.59. The molecule has 0 bridgehead atoms. The van der Waals surface area contributed by atoms with Gasteiger partial charge in [0, 0.05) is 22.7 Å².